The Hall–Kier alpha value is -2.11. The molecule has 0 aliphatic rings. The first-order valence-corrected chi connectivity index (χ1v) is 8.63. The van der Waals surface area contributed by atoms with Crippen molar-refractivity contribution in [2.45, 2.75) is 60.4 Å². The first-order valence-electron chi connectivity index (χ1n) is 8.63. The summed E-state index contributed by atoms with van der Waals surface area (Å²) in [5.41, 5.74) is 6.84. The van der Waals surface area contributed by atoms with Crippen molar-refractivity contribution < 1.29 is 4.79 Å². The number of amides is 1. The molecule has 0 spiro atoms. The number of hydrogen-bond donors (Lipinski definition) is 1. The molecule has 0 saturated carbocycles. The van der Waals surface area contributed by atoms with Gasteiger partial charge in [-0.1, -0.05) is 0 Å². The molecule has 1 N–H and O–H groups in total. The minimum absolute atomic E-state index is 0.0934. The maximum atomic E-state index is 12.1. The van der Waals surface area contributed by atoms with Crippen LogP contribution in [0.3, 0.4) is 0 Å². The van der Waals surface area contributed by atoms with Gasteiger partial charge in [0.15, 0.2) is 0 Å². The predicted molar refractivity (Wildman–Crippen MR) is 95.1 cm³/mol. The van der Waals surface area contributed by atoms with Crippen LogP contribution in [0.1, 0.15) is 47.2 Å². The molecule has 0 aromatic carbocycles. The highest BCUT2D eigenvalue weighted by Gasteiger charge is 2.13. The van der Waals surface area contributed by atoms with E-state index >= 15 is 0 Å². The van der Waals surface area contributed by atoms with Gasteiger partial charge in [-0.3, -0.25) is 14.2 Å². The molecule has 0 unspecified atom stereocenters. The van der Waals surface area contributed by atoms with Gasteiger partial charge in [0.1, 0.15) is 0 Å². The van der Waals surface area contributed by atoms with E-state index in [4.69, 9.17) is 0 Å². The molecule has 0 aliphatic heterocycles. The summed E-state index contributed by atoms with van der Waals surface area (Å²) in [4.78, 5) is 12.1. The van der Waals surface area contributed by atoms with Gasteiger partial charge in [0.05, 0.1) is 11.4 Å². The van der Waals surface area contributed by atoms with Crippen molar-refractivity contribution in [1.29, 1.82) is 0 Å². The van der Waals surface area contributed by atoms with Crippen molar-refractivity contribution in [1.82, 2.24) is 24.9 Å². The largest absolute Gasteiger partial charge is 0.356 e. The molecule has 0 atom stereocenters. The lowest BCUT2D eigenvalue weighted by Crippen LogP contribution is -2.26. The number of aromatic nitrogens is 4. The van der Waals surface area contributed by atoms with Crippen LogP contribution in [0.5, 0.6) is 0 Å². The van der Waals surface area contributed by atoms with Crippen molar-refractivity contribution in [3.8, 4) is 0 Å². The number of nitrogens with one attached hydrogen (secondary N) is 1. The van der Waals surface area contributed by atoms with Crippen molar-refractivity contribution in [2.75, 3.05) is 6.54 Å². The summed E-state index contributed by atoms with van der Waals surface area (Å²) in [5.74, 6) is 0.0934. The zero-order valence-corrected chi connectivity index (χ0v) is 15.7. The van der Waals surface area contributed by atoms with Crippen LogP contribution >= 0.6 is 0 Å². The van der Waals surface area contributed by atoms with E-state index in [2.05, 4.69) is 29.4 Å². The third-order valence-electron chi connectivity index (χ3n) is 4.79. The molecular formula is C18H29N5O. The second kappa shape index (κ2) is 7.64. The lowest BCUT2D eigenvalue weighted by molar-refractivity contribution is -0.121. The molecule has 0 aliphatic carbocycles. The minimum Gasteiger partial charge on any atom is -0.356 e. The lowest BCUT2D eigenvalue weighted by Gasteiger charge is -2.07. The maximum Gasteiger partial charge on any atom is 0.220 e. The smallest absolute Gasteiger partial charge is 0.220 e. The second-order valence-electron chi connectivity index (χ2n) is 6.34. The zero-order valence-electron chi connectivity index (χ0n) is 15.7. The summed E-state index contributed by atoms with van der Waals surface area (Å²) < 4.78 is 3.89. The van der Waals surface area contributed by atoms with Crippen LogP contribution in [0.15, 0.2) is 0 Å². The quantitative estimate of drug-likeness (QED) is 0.845. The highest BCUT2D eigenvalue weighted by molar-refractivity contribution is 5.76. The van der Waals surface area contributed by atoms with E-state index in [1.807, 2.05) is 37.2 Å². The van der Waals surface area contributed by atoms with E-state index < -0.39 is 0 Å². The molecule has 2 aromatic heterocycles. The van der Waals surface area contributed by atoms with Crippen LogP contribution < -0.4 is 5.32 Å². The van der Waals surface area contributed by atoms with Crippen molar-refractivity contribution >= 4 is 5.91 Å². The maximum absolute atomic E-state index is 12.1. The Balaban J connectivity index is 1.83. The number of rotatable bonds is 7. The number of carbonyl (C=O) groups is 1. The third kappa shape index (κ3) is 3.86. The van der Waals surface area contributed by atoms with E-state index in [1.54, 1.807) is 0 Å². The number of hydrogen-bond acceptors (Lipinski definition) is 3. The molecule has 0 radical (unpaired) electrons. The molecule has 6 heteroatoms. The molecular weight excluding hydrogens is 302 g/mol. The monoisotopic (exact) mass is 331 g/mol. The normalized spacial score (nSPS) is 11.1. The predicted octanol–water partition coefficient (Wildman–Crippen LogP) is 2.16. The first-order chi connectivity index (χ1) is 11.3. The van der Waals surface area contributed by atoms with E-state index in [1.165, 1.54) is 16.8 Å². The van der Waals surface area contributed by atoms with Gasteiger partial charge in [-0.25, -0.2) is 0 Å². The topological polar surface area (TPSA) is 64.7 Å². The van der Waals surface area contributed by atoms with Crippen LogP contribution in [-0.2, 0) is 31.2 Å². The number of aryl methyl sites for hydroxylation is 4. The summed E-state index contributed by atoms with van der Waals surface area (Å²) in [6, 6.07) is 0. The van der Waals surface area contributed by atoms with Gasteiger partial charge in [-0.2, -0.15) is 10.2 Å². The van der Waals surface area contributed by atoms with Crippen LogP contribution in [0.4, 0.5) is 0 Å². The molecule has 0 saturated heterocycles. The molecule has 6 nitrogen and oxygen atoms in total. The van der Waals surface area contributed by atoms with Gasteiger partial charge >= 0.3 is 0 Å². The van der Waals surface area contributed by atoms with Gasteiger partial charge in [-0.15, -0.1) is 0 Å². The first kappa shape index (κ1) is 18.2. The van der Waals surface area contributed by atoms with Crippen molar-refractivity contribution in [3.05, 3.63) is 33.9 Å². The van der Waals surface area contributed by atoms with Gasteiger partial charge in [0, 0.05) is 37.9 Å². The standard InChI is InChI=1S/C18H29N5O/c1-7-23-15(5)17(13(3)21-23)10-11-19-18(24)9-8-16-12(2)20-22(6)14(16)4/h7-11H2,1-6H3,(H,19,24). The Kier molecular flexibility index (Phi) is 5.80. The highest BCUT2D eigenvalue weighted by Crippen LogP contribution is 2.15. The van der Waals surface area contributed by atoms with Gasteiger partial charge in [0.25, 0.3) is 0 Å². The SMILES string of the molecule is CCn1nc(C)c(CCNC(=O)CCc2c(C)nn(C)c2C)c1C. The van der Waals surface area contributed by atoms with Gasteiger partial charge in [0.2, 0.25) is 5.91 Å². The average Bonchev–Trinajstić information content (AvgIpc) is 2.94. The van der Waals surface area contributed by atoms with E-state index in [0.717, 1.165) is 36.5 Å². The third-order valence-corrected chi connectivity index (χ3v) is 4.79. The molecule has 0 bridgehead atoms. The summed E-state index contributed by atoms with van der Waals surface area (Å²) in [6.45, 7) is 11.8. The van der Waals surface area contributed by atoms with Crippen LogP contribution in [0.2, 0.25) is 0 Å². The molecule has 0 fully saturated rings. The Labute approximate surface area is 144 Å². The molecule has 24 heavy (non-hydrogen) atoms. The fourth-order valence-electron chi connectivity index (χ4n) is 3.24. The fourth-order valence-corrected chi connectivity index (χ4v) is 3.24. The number of carbonyl (C=O) groups excluding carboxylic acids is 1. The Morgan fingerprint density at radius 3 is 2.17 bits per heavy atom. The molecule has 2 heterocycles. The van der Waals surface area contributed by atoms with E-state index in [0.29, 0.717) is 13.0 Å². The fraction of sp³-hybridized carbons (Fsp3) is 0.611. The molecule has 1 amide bonds. The highest BCUT2D eigenvalue weighted by atomic mass is 16.1. The molecule has 2 rings (SSSR count). The minimum atomic E-state index is 0.0934. The summed E-state index contributed by atoms with van der Waals surface area (Å²) >= 11 is 0. The van der Waals surface area contributed by atoms with Crippen LogP contribution in [0, 0.1) is 27.7 Å². The summed E-state index contributed by atoms with van der Waals surface area (Å²) in [7, 11) is 1.94. The lowest BCUT2D eigenvalue weighted by atomic mass is 10.1. The Bertz CT molecular complexity index is 726. The van der Waals surface area contributed by atoms with E-state index in [-0.39, 0.29) is 5.91 Å². The van der Waals surface area contributed by atoms with Gasteiger partial charge < -0.3 is 5.32 Å². The van der Waals surface area contributed by atoms with Crippen LogP contribution in [0.25, 0.3) is 0 Å². The Morgan fingerprint density at radius 2 is 1.62 bits per heavy atom. The average molecular weight is 331 g/mol. The second-order valence-corrected chi connectivity index (χ2v) is 6.34. The van der Waals surface area contributed by atoms with Crippen molar-refractivity contribution in [2.24, 2.45) is 7.05 Å². The van der Waals surface area contributed by atoms with Crippen LogP contribution in [-0.4, -0.2) is 32.0 Å². The van der Waals surface area contributed by atoms with E-state index in [9.17, 15) is 4.79 Å². The summed E-state index contributed by atoms with van der Waals surface area (Å²) in [5, 5.41) is 11.9. The number of nitrogens with zero attached hydrogens (tertiary/aromatic N) is 4. The molecule has 2 aromatic rings. The Morgan fingerprint density at radius 1 is 1.00 bits per heavy atom. The summed E-state index contributed by atoms with van der Waals surface area (Å²) in [6.07, 6.45) is 2.07. The van der Waals surface area contributed by atoms with Gasteiger partial charge in [-0.05, 0) is 58.6 Å². The van der Waals surface area contributed by atoms with Crippen molar-refractivity contribution in [3.63, 3.8) is 0 Å². The zero-order chi connectivity index (χ0) is 17.9. The molecule has 132 valence electrons.